The van der Waals surface area contributed by atoms with Crippen LogP contribution in [0.15, 0.2) is 29.2 Å². The number of hydrogen-bond acceptors (Lipinski definition) is 5. The first kappa shape index (κ1) is 21.2. The fourth-order valence-electron chi connectivity index (χ4n) is 0.880. The summed E-state index contributed by atoms with van der Waals surface area (Å²) in [6, 6.07) is 7.27. The maximum atomic E-state index is 11.6. The van der Waals surface area contributed by atoms with Crippen LogP contribution in [0, 0.1) is 11.3 Å². The van der Waals surface area contributed by atoms with Crippen LogP contribution in [0.4, 0.5) is 22.0 Å². The van der Waals surface area contributed by atoms with Crippen LogP contribution in [0.3, 0.4) is 0 Å². The molecule has 0 saturated heterocycles. The Bertz CT molecular complexity index is 795. The predicted octanol–water partition coefficient (Wildman–Crippen LogP) is 0.636. The third-order valence-electron chi connectivity index (χ3n) is 2.00. The molecule has 0 radical (unpaired) electrons. The molecule has 0 saturated carbocycles. The second kappa shape index (κ2) is 6.74. The van der Waals surface area contributed by atoms with Gasteiger partial charge in [-0.3, -0.25) is 0 Å². The average Bonchev–Trinajstić information content (AvgIpc) is 2.36. The van der Waals surface area contributed by atoms with E-state index in [0.717, 1.165) is 0 Å². The topological polar surface area (TPSA) is 144 Å². The molecule has 0 aliphatic rings. The zero-order chi connectivity index (χ0) is 18.7. The monoisotopic (exact) mass is 381 g/mol. The molecule has 130 valence electrons. The number of hydrogen-bond donors (Lipinski definition) is 2. The van der Waals surface area contributed by atoms with Gasteiger partial charge in [0, 0.05) is 0 Å². The van der Waals surface area contributed by atoms with Crippen molar-refractivity contribution in [1.29, 1.82) is 5.26 Å². The lowest BCUT2D eigenvalue weighted by atomic mass is 10.2. The van der Waals surface area contributed by atoms with Crippen molar-refractivity contribution < 1.29 is 38.8 Å². The maximum Gasteiger partial charge on any atom is 0.470 e. The first-order valence-electron chi connectivity index (χ1n) is 5.04. The van der Waals surface area contributed by atoms with Crippen molar-refractivity contribution in [3.05, 3.63) is 29.8 Å². The quantitative estimate of drug-likeness (QED) is 0.722. The molecule has 0 bridgehead atoms. The molecule has 0 atom stereocenters. The highest BCUT2D eigenvalue weighted by atomic mass is 32.2. The summed E-state index contributed by atoms with van der Waals surface area (Å²) in [7, 11) is -9.56. The lowest BCUT2D eigenvalue weighted by Gasteiger charge is -2.16. The van der Waals surface area contributed by atoms with Crippen LogP contribution < -0.4 is 10.3 Å². The smallest absolute Gasteiger partial charge is 0.225 e. The fraction of sp³-hybridized carbons (Fsp3) is 0.222. The molecule has 0 aromatic heterocycles. The van der Waals surface area contributed by atoms with Crippen molar-refractivity contribution in [1.82, 2.24) is 0 Å². The molecule has 0 spiro atoms. The summed E-state index contributed by atoms with van der Waals surface area (Å²) in [5.74, 6) is 0. The summed E-state index contributed by atoms with van der Waals surface area (Å²) in [5, 5.41) is 11.0. The lowest BCUT2D eigenvalue weighted by molar-refractivity contribution is -0.241. The molecule has 0 aliphatic heterocycles. The van der Waals surface area contributed by atoms with Crippen LogP contribution in [0.5, 0.6) is 0 Å². The molecule has 1 aromatic carbocycles. The standard InChI is InChI=1S/C7H6N2O2S.C2H2F5NO2S/c8-5-6-1-3-7(4-2-6)12(9,10)11;3-1(4,5)2(6,7)11(8,9)10/h1-4H,(H2,9,10,11);(H2,8,9,10). The van der Waals surface area contributed by atoms with Crippen molar-refractivity contribution in [2.24, 2.45) is 10.3 Å². The van der Waals surface area contributed by atoms with E-state index in [1.807, 2.05) is 6.07 Å². The van der Waals surface area contributed by atoms with E-state index in [2.05, 4.69) is 5.14 Å². The summed E-state index contributed by atoms with van der Waals surface area (Å²) >= 11 is 0. The van der Waals surface area contributed by atoms with Crippen LogP contribution in [0.25, 0.3) is 0 Å². The summed E-state index contributed by atoms with van der Waals surface area (Å²) in [6.45, 7) is 0. The Balaban J connectivity index is 0.000000423. The minimum Gasteiger partial charge on any atom is -0.225 e. The number of rotatable bonds is 2. The number of halogens is 5. The minimum absolute atomic E-state index is 0.0153. The SMILES string of the molecule is N#Cc1ccc(S(N)(=O)=O)cc1.NS(=O)(=O)C(F)(F)C(F)(F)F. The van der Waals surface area contributed by atoms with Gasteiger partial charge in [0.1, 0.15) is 0 Å². The van der Waals surface area contributed by atoms with Gasteiger partial charge in [-0.05, 0) is 24.3 Å². The second-order valence-corrected chi connectivity index (χ2v) is 6.90. The summed E-state index contributed by atoms with van der Waals surface area (Å²) in [5.41, 5.74) is 0.405. The van der Waals surface area contributed by atoms with Crippen molar-refractivity contribution in [3.8, 4) is 6.07 Å². The van der Waals surface area contributed by atoms with E-state index in [-0.39, 0.29) is 4.90 Å². The molecule has 1 rings (SSSR count). The summed E-state index contributed by atoms with van der Waals surface area (Å²) in [6.07, 6.45) is -6.17. The van der Waals surface area contributed by atoms with Gasteiger partial charge in [-0.1, -0.05) is 0 Å². The molecule has 23 heavy (non-hydrogen) atoms. The zero-order valence-corrected chi connectivity index (χ0v) is 12.4. The molecule has 0 amide bonds. The van der Waals surface area contributed by atoms with Crippen molar-refractivity contribution >= 4 is 20.0 Å². The summed E-state index contributed by atoms with van der Waals surface area (Å²) < 4.78 is 97.2. The van der Waals surface area contributed by atoms with Gasteiger partial charge in [-0.2, -0.15) is 27.2 Å². The van der Waals surface area contributed by atoms with Crippen LogP contribution in [-0.2, 0) is 20.0 Å². The highest BCUT2D eigenvalue weighted by molar-refractivity contribution is 7.90. The van der Waals surface area contributed by atoms with E-state index in [0.29, 0.717) is 5.56 Å². The van der Waals surface area contributed by atoms with E-state index < -0.39 is 31.5 Å². The predicted molar refractivity (Wildman–Crippen MR) is 66.6 cm³/mol. The lowest BCUT2D eigenvalue weighted by Crippen LogP contribution is -2.47. The number of nitrogens with zero attached hydrogens (tertiary/aromatic N) is 1. The van der Waals surface area contributed by atoms with Gasteiger partial charge in [0.25, 0.3) is 10.0 Å². The first-order chi connectivity index (χ1) is 10.0. The molecular weight excluding hydrogens is 373 g/mol. The average molecular weight is 381 g/mol. The van der Waals surface area contributed by atoms with Gasteiger partial charge in [0.2, 0.25) is 10.0 Å². The number of alkyl halides is 5. The molecule has 14 heteroatoms. The van der Waals surface area contributed by atoms with Gasteiger partial charge in [0.15, 0.2) is 0 Å². The Morgan fingerprint density at radius 3 is 1.48 bits per heavy atom. The first-order valence-corrected chi connectivity index (χ1v) is 8.13. The van der Waals surface area contributed by atoms with E-state index in [9.17, 15) is 38.8 Å². The Labute approximate surface area is 127 Å². The largest absolute Gasteiger partial charge is 0.470 e. The molecule has 1 aromatic rings. The van der Waals surface area contributed by atoms with E-state index in [1.165, 1.54) is 24.3 Å². The molecule has 0 fully saturated rings. The second-order valence-electron chi connectivity index (χ2n) is 3.74. The number of benzene rings is 1. The highest BCUT2D eigenvalue weighted by Gasteiger charge is 2.66. The molecule has 0 aliphatic carbocycles. The molecular formula is C9H8F5N3O4S2. The Hall–Kier alpha value is -1.82. The van der Waals surface area contributed by atoms with Gasteiger partial charge in [0.05, 0.1) is 16.5 Å². The van der Waals surface area contributed by atoms with Crippen LogP contribution in [0.1, 0.15) is 5.56 Å². The van der Waals surface area contributed by atoms with Crippen molar-refractivity contribution in [2.45, 2.75) is 16.3 Å². The van der Waals surface area contributed by atoms with Gasteiger partial charge < -0.3 is 0 Å². The van der Waals surface area contributed by atoms with E-state index in [1.54, 1.807) is 0 Å². The van der Waals surface area contributed by atoms with Crippen molar-refractivity contribution in [2.75, 3.05) is 0 Å². The minimum atomic E-state index is -6.17. The number of sulfonamides is 2. The molecule has 0 unspecified atom stereocenters. The van der Waals surface area contributed by atoms with Crippen LogP contribution in [-0.4, -0.2) is 28.3 Å². The normalized spacial score (nSPS) is 12.8. The zero-order valence-electron chi connectivity index (χ0n) is 10.8. The number of nitrogens with two attached hydrogens (primary N) is 2. The fourth-order valence-corrected chi connectivity index (χ4v) is 1.72. The summed E-state index contributed by atoms with van der Waals surface area (Å²) in [4.78, 5) is 0.0153. The Morgan fingerprint density at radius 2 is 1.30 bits per heavy atom. The highest BCUT2D eigenvalue weighted by Crippen LogP contribution is 2.38. The molecule has 0 heterocycles. The Kier molecular flexibility index (Phi) is 6.21. The van der Waals surface area contributed by atoms with Gasteiger partial charge in [-0.25, -0.2) is 27.1 Å². The van der Waals surface area contributed by atoms with Crippen LogP contribution in [0.2, 0.25) is 0 Å². The third kappa shape index (κ3) is 5.71. The molecule has 4 N–H and O–H groups in total. The number of primary sulfonamides is 2. The number of nitriles is 1. The third-order valence-corrected chi connectivity index (χ3v) is 3.87. The van der Waals surface area contributed by atoms with E-state index in [4.69, 9.17) is 10.4 Å². The van der Waals surface area contributed by atoms with Gasteiger partial charge in [-0.15, -0.1) is 0 Å². The van der Waals surface area contributed by atoms with Gasteiger partial charge >= 0.3 is 11.4 Å². The van der Waals surface area contributed by atoms with Crippen molar-refractivity contribution in [3.63, 3.8) is 0 Å². The Morgan fingerprint density at radius 1 is 0.913 bits per heavy atom. The molecule has 7 nitrogen and oxygen atoms in total. The maximum absolute atomic E-state index is 11.6. The van der Waals surface area contributed by atoms with Crippen LogP contribution >= 0.6 is 0 Å². The van der Waals surface area contributed by atoms with E-state index >= 15 is 0 Å².